The Bertz CT molecular complexity index is 472. The maximum atomic E-state index is 10.5. The van der Waals surface area contributed by atoms with Crippen molar-refractivity contribution in [2.75, 3.05) is 37.4 Å². The monoisotopic (exact) mass is 296 g/mol. The number of hydrogen-bond donors (Lipinski definition) is 3. The second kappa shape index (κ2) is 6.91. The molecule has 118 valence electrons. The zero-order valence-electron chi connectivity index (χ0n) is 12.8. The molecule has 2 rings (SSSR count). The van der Waals surface area contributed by atoms with Crippen molar-refractivity contribution < 1.29 is 14.6 Å². The van der Waals surface area contributed by atoms with Crippen molar-refractivity contribution in [3.05, 3.63) is 6.33 Å². The standard InChI is InChI=1S/C14H24N4O3/c1-4-6-15-12-11(20-3)13(18-9-17-12)16-8-14(19)5-7-21-10(14)2/h9-10,19H,4-8H2,1-3H3,(H2,15,16,17,18). The fraction of sp³-hybridized carbons (Fsp3) is 0.714. The highest BCUT2D eigenvalue weighted by Crippen LogP contribution is 2.31. The van der Waals surface area contributed by atoms with Crippen LogP contribution >= 0.6 is 0 Å². The number of anilines is 2. The Balaban J connectivity index is 2.08. The number of aliphatic hydroxyl groups is 1. The first-order valence-corrected chi connectivity index (χ1v) is 7.31. The highest BCUT2D eigenvalue weighted by atomic mass is 16.5. The van der Waals surface area contributed by atoms with E-state index in [9.17, 15) is 5.11 Å². The lowest BCUT2D eigenvalue weighted by Gasteiger charge is -2.26. The predicted octanol–water partition coefficient (Wildman–Crippen LogP) is 1.26. The molecule has 0 radical (unpaired) electrons. The van der Waals surface area contributed by atoms with E-state index in [2.05, 4.69) is 27.5 Å². The van der Waals surface area contributed by atoms with Crippen LogP contribution in [-0.2, 0) is 4.74 Å². The number of hydrogen-bond acceptors (Lipinski definition) is 7. The van der Waals surface area contributed by atoms with Gasteiger partial charge in [0.15, 0.2) is 11.6 Å². The minimum Gasteiger partial charge on any atom is -0.490 e. The first-order chi connectivity index (χ1) is 10.1. The summed E-state index contributed by atoms with van der Waals surface area (Å²) in [5.41, 5.74) is -0.882. The van der Waals surface area contributed by atoms with Crippen molar-refractivity contribution in [2.24, 2.45) is 0 Å². The number of nitrogens with one attached hydrogen (secondary N) is 2. The van der Waals surface area contributed by atoms with Crippen LogP contribution in [0.25, 0.3) is 0 Å². The van der Waals surface area contributed by atoms with Gasteiger partial charge in [-0.15, -0.1) is 0 Å². The van der Waals surface area contributed by atoms with Crippen LogP contribution in [0.15, 0.2) is 6.33 Å². The molecule has 2 heterocycles. The van der Waals surface area contributed by atoms with Crippen LogP contribution in [-0.4, -0.2) is 53.6 Å². The third kappa shape index (κ3) is 3.54. The second-order valence-corrected chi connectivity index (χ2v) is 5.25. The molecular formula is C14H24N4O3. The van der Waals surface area contributed by atoms with E-state index in [1.54, 1.807) is 7.11 Å². The van der Waals surface area contributed by atoms with Gasteiger partial charge < -0.3 is 25.2 Å². The molecular weight excluding hydrogens is 272 g/mol. The molecule has 1 aliphatic rings. The molecule has 1 saturated heterocycles. The Labute approximate surface area is 125 Å². The van der Waals surface area contributed by atoms with E-state index in [4.69, 9.17) is 9.47 Å². The molecule has 21 heavy (non-hydrogen) atoms. The van der Waals surface area contributed by atoms with Crippen LogP contribution in [0.5, 0.6) is 5.75 Å². The normalized spacial score (nSPS) is 24.9. The summed E-state index contributed by atoms with van der Waals surface area (Å²) in [7, 11) is 1.58. The van der Waals surface area contributed by atoms with Crippen molar-refractivity contribution in [1.29, 1.82) is 0 Å². The van der Waals surface area contributed by atoms with Crippen LogP contribution in [0.2, 0.25) is 0 Å². The van der Waals surface area contributed by atoms with E-state index in [1.807, 2.05) is 6.92 Å². The highest BCUT2D eigenvalue weighted by Gasteiger charge is 2.39. The first-order valence-electron chi connectivity index (χ1n) is 7.31. The lowest BCUT2D eigenvalue weighted by atomic mass is 9.97. The van der Waals surface area contributed by atoms with Gasteiger partial charge in [-0.2, -0.15) is 0 Å². The largest absolute Gasteiger partial charge is 0.490 e. The fourth-order valence-electron chi connectivity index (χ4n) is 2.30. The summed E-state index contributed by atoms with van der Waals surface area (Å²) in [4.78, 5) is 8.38. The zero-order chi connectivity index (χ0) is 15.3. The molecule has 1 aromatic rings. The van der Waals surface area contributed by atoms with Crippen molar-refractivity contribution >= 4 is 11.6 Å². The molecule has 7 nitrogen and oxygen atoms in total. The summed E-state index contributed by atoms with van der Waals surface area (Å²) < 4.78 is 10.8. The zero-order valence-corrected chi connectivity index (χ0v) is 12.8. The Kier molecular flexibility index (Phi) is 5.19. The third-order valence-electron chi connectivity index (χ3n) is 3.77. The van der Waals surface area contributed by atoms with Gasteiger partial charge in [0.2, 0.25) is 5.75 Å². The van der Waals surface area contributed by atoms with Gasteiger partial charge in [0.1, 0.15) is 11.9 Å². The summed E-state index contributed by atoms with van der Waals surface area (Å²) in [6.45, 7) is 5.69. The van der Waals surface area contributed by atoms with Gasteiger partial charge in [0.25, 0.3) is 0 Å². The average Bonchev–Trinajstić information content (AvgIpc) is 2.82. The highest BCUT2D eigenvalue weighted by molar-refractivity contribution is 5.63. The van der Waals surface area contributed by atoms with E-state index < -0.39 is 5.60 Å². The maximum Gasteiger partial charge on any atom is 0.204 e. The SMILES string of the molecule is CCCNc1ncnc(NCC2(O)CCOC2C)c1OC. The molecule has 1 aliphatic heterocycles. The molecule has 0 bridgehead atoms. The molecule has 0 amide bonds. The van der Waals surface area contributed by atoms with E-state index in [-0.39, 0.29) is 6.10 Å². The smallest absolute Gasteiger partial charge is 0.204 e. The Morgan fingerprint density at radius 1 is 1.43 bits per heavy atom. The van der Waals surface area contributed by atoms with Gasteiger partial charge in [-0.25, -0.2) is 9.97 Å². The van der Waals surface area contributed by atoms with Gasteiger partial charge in [0.05, 0.1) is 13.2 Å². The number of nitrogens with zero attached hydrogens (tertiary/aromatic N) is 2. The lowest BCUT2D eigenvalue weighted by molar-refractivity contribution is -0.0176. The molecule has 0 saturated carbocycles. The molecule has 7 heteroatoms. The van der Waals surface area contributed by atoms with Gasteiger partial charge in [-0.1, -0.05) is 6.92 Å². The van der Waals surface area contributed by atoms with E-state index in [1.165, 1.54) is 6.33 Å². The summed E-state index contributed by atoms with van der Waals surface area (Å²) in [6, 6.07) is 0. The summed E-state index contributed by atoms with van der Waals surface area (Å²) in [6.07, 6.45) is 2.87. The van der Waals surface area contributed by atoms with Gasteiger partial charge in [-0.05, 0) is 13.3 Å². The van der Waals surface area contributed by atoms with Crippen LogP contribution in [0.4, 0.5) is 11.6 Å². The number of rotatable bonds is 7. The molecule has 2 atom stereocenters. The molecule has 1 fully saturated rings. The molecule has 0 aliphatic carbocycles. The Hall–Kier alpha value is -1.60. The fourth-order valence-corrected chi connectivity index (χ4v) is 2.30. The minimum absolute atomic E-state index is 0.199. The minimum atomic E-state index is -0.882. The van der Waals surface area contributed by atoms with Crippen molar-refractivity contribution in [2.45, 2.75) is 38.4 Å². The molecule has 0 spiro atoms. The van der Waals surface area contributed by atoms with E-state index in [0.717, 1.165) is 13.0 Å². The number of methoxy groups -OCH3 is 1. The van der Waals surface area contributed by atoms with Crippen LogP contribution in [0.1, 0.15) is 26.7 Å². The van der Waals surface area contributed by atoms with Gasteiger partial charge >= 0.3 is 0 Å². The first kappa shape index (κ1) is 15.8. The summed E-state index contributed by atoms with van der Waals surface area (Å²) in [5.74, 6) is 1.78. The Morgan fingerprint density at radius 3 is 2.71 bits per heavy atom. The predicted molar refractivity (Wildman–Crippen MR) is 80.8 cm³/mol. The third-order valence-corrected chi connectivity index (χ3v) is 3.77. The van der Waals surface area contributed by atoms with Crippen molar-refractivity contribution in [3.63, 3.8) is 0 Å². The molecule has 1 aromatic heterocycles. The van der Waals surface area contributed by atoms with Crippen LogP contribution in [0, 0.1) is 0 Å². The van der Waals surface area contributed by atoms with Crippen molar-refractivity contribution in [1.82, 2.24) is 9.97 Å². The average molecular weight is 296 g/mol. The molecule has 2 unspecified atom stereocenters. The van der Waals surface area contributed by atoms with Gasteiger partial charge in [-0.3, -0.25) is 0 Å². The van der Waals surface area contributed by atoms with E-state index >= 15 is 0 Å². The number of ether oxygens (including phenoxy) is 2. The maximum absolute atomic E-state index is 10.5. The lowest BCUT2D eigenvalue weighted by Crippen LogP contribution is -2.43. The van der Waals surface area contributed by atoms with E-state index in [0.29, 0.717) is 37.0 Å². The molecule has 0 aromatic carbocycles. The summed E-state index contributed by atoms with van der Waals surface area (Å²) in [5, 5.41) is 16.9. The van der Waals surface area contributed by atoms with Gasteiger partial charge in [0, 0.05) is 26.1 Å². The van der Waals surface area contributed by atoms with Crippen LogP contribution in [0.3, 0.4) is 0 Å². The number of aromatic nitrogens is 2. The second-order valence-electron chi connectivity index (χ2n) is 5.25. The summed E-state index contributed by atoms with van der Waals surface area (Å²) >= 11 is 0. The Morgan fingerprint density at radius 2 is 2.14 bits per heavy atom. The van der Waals surface area contributed by atoms with Crippen LogP contribution < -0.4 is 15.4 Å². The molecule has 3 N–H and O–H groups in total. The quantitative estimate of drug-likeness (QED) is 0.698. The topological polar surface area (TPSA) is 88.5 Å². The van der Waals surface area contributed by atoms with Crippen molar-refractivity contribution in [3.8, 4) is 5.75 Å².